The van der Waals surface area contributed by atoms with Crippen LogP contribution in [0.1, 0.15) is 18.7 Å². The van der Waals surface area contributed by atoms with E-state index in [0.717, 1.165) is 5.82 Å². The van der Waals surface area contributed by atoms with Crippen molar-refractivity contribution < 1.29 is 9.53 Å². The Kier molecular flexibility index (Phi) is 5.60. The molecular formula is C16H19N7O2S. The fourth-order valence-electron chi connectivity index (χ4n) is 2.37. The highest BCUT2D eigenvalue weighted by atomic mass is 32.1. The second kappa shape index (κ2) is 8.07. The van der Waals surface area contributed by atoms with Crippen molar-refractivity contribution in [1.29, 1.82) is 5.26 Å². The summed E-state index contributed by atoms with van der Waals surface area (Å²) in [5.41, 5.74) is 0. The van der Waals surface area contributed by atoms with E-state index in [1.165, 1.54) is 23.9 Å². The van der Waals surface area contributed by atoms with Gasteiger partial charge in [0, 0.05) is 25.2 Å². The van der Waals surface area contributed by atoms with Gasteiger partial charge in [0.05, 0.1) is 12.3 Å². The minimum atomic E-state index is -0.104. The second-order valence-electron chi connectivity index (χ2n) is 6.09. The number of carbonyl (C=O) groups is 1. The lowest BCUT2D eigenvalue weighted by Gasteiger charge is -2.39. The SMILES string of the molecule is CC(C)NC(=O)COC1CN(c2cc(Nc3ncc(C#N)s3)ncn2)C1. The largest absolute Gasteiger partial charge is 0.365 e. The van der Waals surface area contributed by atoms with E-state index in [1.54, 1.807) is 0 Å². The van der Waals surface area contributed by atoms with Crippen molar-refractivity contribution in [2.75, 3.05) is 29.9 Å². The molecule has 9 nitrogen and oxygen atoms in total. The number of hydrogen-bond donors (Lipinski definition) is 2. The van der Waals surface area contributed by atoms with Crippen molar-refractivity contribution in [2.24, 2.45) is 0 Å². The molecule has 0 atom stereocenters. The smallest absolute Gasteiger partial charge is 0.246 e. The van der Waals surface area contributed by atoms with Crippen molar-refractivity contribution in [3.63, 3.8) is 0 Å². The molecule has 0 aromatic carbocycles. The highest BCUT2D eigenvalue weighted by Gasteiger charge is 2.29. The molecule has 3 heterocycles. The van der Waals surface area contributed by atoms with Gasteiger partial charge in [-0.1, -0.05) is 11.3 Å². The summed E-state index contributed by atoms with van der Waals surface area (Å²) >= 11 is 1.26. The Balaban J connectivity index is 1.49. The second-order valence-corrected chi connectivity index (χ2v) is 7.12. The molecule has 1 aliphatic heterocycles. The zero-order chi connectivity index (χ0) is 18.5. The quantitative estimate of drug-likeness (QED) is 0.745. The number of carbonyl (C=O) groups excluding carboxylic acids is 1. The summed E-state index contributed by atoms with van der Waals surface area (Å²) in [5.74, 6) is 1.27. The van der Waals surface area contributed by atoms with Crippen molar-refractivity contribution in [2.45, 2.75) is 26.0 Å². The normalized spacial score (nSPS) is 14.0. The van der Waals surface area contributed by atoms with Crippen molar-refractivity contribution >= 4 is 34.0 Å². The number of anilines is 3. The minimum absolute atomic E-state index is 0.0106. The van der Waals surface area contributed by atoms with Gasteiger partial charge in [-0.2, -0.15) is 5.26 Å². The Morgan fingerprint density at radius 2 is 2.27 bits per heavy atom. The average molecular weight is 373 g/mol. The van der Waals surface area contributed by atoms with Gasteiger partial charge in [0.2, 0.25) is 5.91 Å². The van der Waals surface area contributed by atoms with Gasteiger partial charge >= 0.3 is 0 Å². The van der Waals surface area contributed by atoms with Crippen molar-refractivity contribution in [3.05, 3.63) is 23.5 Å². The number of thiazole rings is 1. The molecule has 10 heteroatoms. The molecule has 1 amide bonds. The molecule has 1 saturated heterocycles. The van der Waals surface area contributed by atoms with Crippen LogP contribution in [0.3, 0.4) is 0 Å². The highest BCUT2D eigenvalue weighted by Crippen LogP contribution is 2.25. The molecule has 0 radical (unpaired) electrons. The summed E-state index contributed by atoms with van der Waals surface area (Å²) in [7, 11) is 0. The predicted molar refractivity (Wildman–Crippen MR) is 97.4 cm³/mol. The third kappa shape index (κ3) is 4.65. The number of rotatable bonds is 7. The standard InChI is InChI=1S/C16H19N7O2S/c1-10(2)21-15(24)8-25-11-6-23(7-11)14-3-13(19-9-20-14)22-16-18-5-12(4-17)26-16/h3,5,9-11H,6-8H2,1-2H3,(H,21,24)(H,18,19,20,22). The number of nitrogens with one attached hydrogen (secondary N) is 2. The maximum atomic E-state index is 11.6. The number of hydrogen-bond acceptors (Lipinski definition) is 9. The Labute approximate surface area is 155 Å². The molecule has 0 saturated carbocycles. The number of aromatic nitrogens is 3. The summed E-state index contributed by atoms with van der Waals surface area (Å²) in [6.07, 6.45) is 3.00. The Morgan fingerprint density at radius 3 is 2.96 bits per heavy atom. The fourth-order valence-corrected chi connectivity index (χ4v) is 2.99. The van der Waals surface area contributed by atoms with Crippen molar-refractivity contribution in [1.82, 2.24) is 20.3 Å². The Bertz CT molecular complexity index is 811. The molecule has 0 aliphatic carbocycles. The Hall–Kier alpha value is -2.77. The van der Waals surface area contributed by atoms with Crippen LogP contribution >= 0.6 is 11.3 Å². The molecule has 0 unspecified atom stereocenters. The van der Waals surface area contributed by atoms with Crippen LogP contribution in [0.5, 0.6) is 0 Å². The number of nitriles is 1. The maximum absolute atomic E-state index is 11.6. The molecule has 26 heavy (non-hydrogen) atoms. The molecule has 3 rings (SSSR count). The maximum Gasteiger partial charge on any atom is 0.246 e. The molecular weight excluding hydrogens is 354 g/mol. The van der Waals surface area contributed by atoms with Crippen LogP contribution in [0.4, 0.5) is 16.8 Å². The van der Waals surface area contributed by atoms with Gasteiger partial charge in [0.15, 0.2) is 5.13 Å². The van der Waals surface area contributed by atoms with Crippen LogP contribution in [0.2, 0.25) is 0 Å². The first-order chi connectivity index (χ1) is 12.5. The van der Waals surface area contributed by atoms with Crippen LogP contribution in [-0.2, 0) is 9.53 Å². The average Bonchev–Trinajstić information content (AvgIpc) is 3.00. The summed E-state index contributed by atoms with van der Waals surface area (Å²) in [6, 6.07) is 3.97. The molecule has 0 bridgehead atoms. The summed E-state index contributed by atoms with van der Waals surface area (Å²) in [4.78, 5) is 26.7. The first kappa shape index (κ1) is 18.0. The third-order valence-electron chi connectivity index (χ3n) is 3.58. The van der Waals surface area contributed by atoms with Crippen LogP contribution in [-0.4, -0.2) is 52.7 Å². The Morgan fingerprint density at radius 1 is 1.46 bits per heavy atom. The monoisotopic (exact) mass is 373 g/mol. The molecule has 1 aliphatic rings. The predicted octanol–water partition coefficient (Wildman–Crippen LogP) is 1.28. The molecule has 2 N–H and O–H groups in total. The van der Waals surface area contributed by atoms with E-state index >= 15 is 0 Å². The van der Waals surface area contributed by atoms with E-state index < -0.39 is 0 Å². The van der Waals surface area contributed by atoms with E-state index in [0.29, 0.717) is 28.9 Å². The van der Waals surface area contributed by atoms with E-state index in [4.69, 9.17) is 10.00 Å². The highest BCUT2D eigenvalue weighted by molar-refractivity contribution is 7.16. The lowest BCUT2D eigenvalue weighted by molar-refractivity contribution is -0.128. The summed E-state index contributed by atoms with van der Waals surface area (Å²) < 4.78 is 5.58. The lowest BCUT2D eigenvalue weighted by atomic mass is 10.1. The van der Waals surface area contributed by atoms with Crippen LogP contribution in [0.25, 0.3) is 0 Å². The third-order valence-corrected chi connectivity index (χ3v) is 4.39. The van der Waals surface area contributed by atoms with Gasteiger partial charge in [-0.3, -0.25) is 4.79 Å². The summed E-state index contributed by atoms with van der Waals surface area (Å²) in [6.45, 7) is 5.23. The van der Waals surface area contributed by atoms with Gasteiger partial charge in [-0.25, -0.2) is 15.0 Å². The molecule has 1 fully saturated rings. The number of nitrogens with zero attached hydrogens (tertiary/aromatic N) is 5. The molecule has 2 aromatic rings. The lowest BCUT2D eigenvalue weighted by Crippen LogP contribution is -2.53. The van der Waals surface area contributed by atoms with E-state index in [1.807, 2.05) is 30.9 Å². The van der Waals surface area contributed by atoms with E-state index in [-0.39, 0.29) is 24.7 Å². The van der Waals surface area contributed by atoms with Gasteiger partial charge in [0.1, 0.15) is 35.5 Å². The first-order valence-electron chi connectivity index (χ1n) is 8.14. The van der Waals surface area contributed by atoms with Crippen LogP contribution in [0, 0.1) is 11.3 Å². The van der Waals surface area contributed by atoms with Crippen LogP contribution in [0.15, 0.2) is 18.6 Å². The van der Waals surface area contributed by atoms with Gasteiger partial charge < -0.3 is 20.3 Å². The zero-order valence-electron chi connectivity index (χ0n) is 14.5. The van der Waals surface area contributed by atoms with Gasteiger partial charge in [-0.15, -0.1) is 0 Å². The first-order valence-corrected chi connectivity index (χ1v) is 8.96. The van der Waals surface area contributed by atoms with Crippen LogP contribution < -0.4 is 15.5 Å². The van der Waals surface area contributed by atoms with Gasteiger partial charge in [0.25, 0.3) is 0 Å². The fraction of sp³-hybridized carbons (Fsp3) is 0.438. The molecule has 0 spiro atoms. The summed E-state index contributed by atoms with van der Waals surface area (Å²) in [5, 5.41) is 15.3. The number of ether oxygens (including phenoxy) is 1. The topological polar surface area (TPSA) is 116 Å². The zero-order valence-corrected chi connectivity index (χ0v) is 15.3. The van der Waals surface area contributed by atoms with E-state index in [9.17, 15) is 4.79 Å². The van der Waals surface area contributed by atoms with E-state index in [2.05, 4.69) is 25.6 Å². The minimum Gasteiger partial charge on any atom is -0.365 e. The van der Waals surface area contributed by atoms with Crippen molar-refractivity contribution in [3.8, 4) is 6.07 Å². The molecule has 2 aromatic heterocycles. The molecule has 136 valence electrons. The van der Waals surface area contributed by atoms with Gasteiger partial charge in [-0.05, 0) is 13.8 Å². The number of amides is 1.